The number of nitrogens with one attached hydrogen (secondary N) is 1. The van der Waals surface area contributed by atoms with Crippen molar-refractivity contribution < 1.29 is 18.0 Å². The minimum absolute atomic E-state index is 0.0124. The lowest BCUT2D eigenvalue weighted by Gasteiger charge is -2.17. The number of carbonyl (C=O) groups is 1. The van der Waals surface area contributed by atoms with Gasteiger partial charge in [-0.25, -0.2) is 18.2 Å². The van der Waals surface area contributed by atoms with Crippen LogP contribution in [0.3, 0.4) is 0 Å². The van der Waals surface area contributed by atoms with Crippen LogP contribution < -0.4 is 10.9 Å². The summed E-state index contributed by atoms with van der Waals surface area (Å²) in [5.74, 6) is -2.87. The molecule has 3 aromatic carbocycles. The normalized spacial score (nSPS) is 12.0. The van der Waals surface area contributed by atoms with Crippen LogP contribution in [0.4, 0.5) is 18.9 Å². The Morgan fingerprint density at radius 2 is 1.72 bits per heavy atom. The van der Waals surface area contributed by atoms with Gasteiger partial charge in [-0.15, -0.1) is 0 Å². The second kappa shape index (κ2) is 8.88. The van der Waals surface area contributed by atoms with Crippen LogP contribution in [-0.2, 0) is 4.79 Å². The first-order chi connectivity index (χ1) is 15.3. The minimum Gasteiger partial charge on any atom is -0.323 e. The molecule has 0 bridgehead atoms. The van der Waals surface area contributed by atoms with Crippen LogP contribution in [0.1, 0.15) is 6.92 Å². The average Bonchev–Trinajstić information content (AvgIpc) is 2.76. The summed E-state index contributed by atoms with van der Waals surface area (Å²) in [5, 5.41) is 1.94. The van der Waals surface area contributed by atoms with E-state index in [2.05, 4.69) is 10.3 Å². The van der Waals surface area contributed by atoms with Gasteiger partial charge in [0.2, 0.25) is 5.91 Å². The first-order valence-corrected chi connectivity index (χ1v) is 10.4. The maximum atomic E-state index is 14.6. The third-order valence-corrected chi connectivity index (χ3v) is 5.73. The molecule has 4 aromatic rings. The molecular formula is C23H16F3N3O2S. The summed E-state index contributed by atoms with van der Waals surface area (Å²) in [7, 11) is 0. The van der Waals surface area contributed by atoms with Crippen molar-refractivity contribution in [2.45, 2.75) is 17.3 Å². The number of rotatable bonds is 5. The third-order valence-electron chi connectivity index (χ3n) is 4.68. The SMILES string of the molecule is CC(Sc1nc2ccccc2c(=O)n1-c1ccc(F)cc1F)C(=O)Nc1ccccc1F. The van der Waals surface area contributed by atoms with Crippen molar-refractivity contribution >= 4 is 34.3 Å². The summed E-state index contributed by atoms with van der Waals surface area (Å²) in [6, 6.07) is 15.1. The molecule has 1 aromatic heterocycles. The lowest BCUT2D eigenvalue weighted by Crippen LogP contribution is -2.27. The van der Waals surface area contributed by atoms with Crippen LogP contribution in [0.2, 0.25) is 0 Å². The van der Waals surface area contributed by atoms with Crippen LogP contribution in [0.25, 0.3) is 16.6 Å². The number of hydrogen-bond donors (Lipinski definition) is 1. The van der Waals surface area contributed by atoms with Crippen LogP contribution in [-0.4, -0.2) is 20.7 Å². The third kappa shape index (κ3) is 4.24. The summed E-state index contributed by atoms with van der Waals surface area (Å²) in [5.41, 5.74) is -0.386. The van der Waals surface area contributed by atoms with E-state index in [1.165, 1.54) is 18.2 Å². The number of anilines is 1. The molecule has 1 N–H and O–H groups in total. The van der Waals surface area contributed by atoms with Gasteiger partial charge in [0.1, 0.15) is 17.5 Å². The van der Waals surface area contributed by atoms with Crippen LogP contribution in [0.5, 0.6) is 0 Å². The number of fused-ring (bicyclic) bond motifs is 1. The van der Waals surface area contributed by atoms with Gasteiger partial charge in [0, 0.05) is 6.07 Å². The van der Waals surface area contributed by atoms with Crippen molar-refractivity contribution in [3.63, 3.8) is 0 Å². The quantitative estimate of drug-likeness (QED) is 0.343. The molecule has 9 heteroatoms. The molecule has 0 saturated heterocycles. The smallest absolute Gasteiger partial charge is 0.266 e. The molecule has 1 atom stereocenters. The highest BCUT2D eigenvalue weighted by Gasteiger charge is 2.22. The molecule has 0 fully saturated rings. The highest BCUT2D eigenvalue weighted by atomic mass is 32.2. The molecule has 32 heavy (non-hydrogen) atoms. The average molecular weight is 455 g/mol. The van der Waals surface area contributed by atoms with Gasteiger partial charge in [0.25, 0.3) is 5.56 Å². The van der Waals surface area contributed by atoms with Gasteiger partial charge in [-0.05, 0) is 43.3 Å². The lowest BCUT2D eigenvalue weighted by molar-refractivity contribution is -0.115. The largest absolute Gasteiger partial charge is 0.323 e. The Labute approximate surface area is 184 Å². The molecule has 1 unspecified atom stereocenters. The molecule has 162 valence electrons. The van der Waals surface area contributed by atoms with Gasteiger partial charge in [-0.2, -0.15) is 0 Å². The van der Waals surface area contributed by atoms with Gasteiger partial charge in [0.15, 0.2) is 5.16 Å². The second-order valence-electron chi connectivity index (χ2n) is 6.88. The molecule has 4 rings (SSSR count). The zero-order valence-electron chi connectivity index (χ0n) is 16.7. The van der Waals surface area contributed by atoms with Crippen molar-refractivity contribution in [3.05, 3.63) is 94.5 Å². The summed E-state index contributed by atoms with van der Waals surface area (Å²) in [6.07, 6.45) is 0. The van der Waals surface area contributed by atoms with Gasteiger partial charge in [-0.3, -0.25) is 14.2 Å². The van der Waals surface area contributed by atoms with Crippen LogP contribution in [0, 0.1) is 17.5 Å². The summed E-state index contributed by atoms with van der Waals surface area (Å²) < 4.78 is 42.9. The van der Waals surface area contributed by atoms with Crippen molar-refractivity contribution in [1.82, 2.24) is 9.55 Å². The van der Waals surface area contributed by atoms with Gasteiger partial charge in [0.05, 0.1) is 27.5 Å². The highest BCUT2D eigenvalue weighted by molar-refractivity contribution is 8.00. The number of thioether (sulfide) groups is 1. The summed E-state index contributed by atoms with van der Waals surface area (Å²) in [6.45, 7) is 1.55. The Kier molecular flexibility index (Phi) is 6.00. The summed E-state index contributed by atoms with van der Waals surface area (Å²) >= 11 is 0.897. The first-order valence-electron chi connectivity index (χ1n) is 9.54. The van der Waals surface area contributed by atoms with E-state index in [9.17, 15) is 22.8 Å². The fourth-order valence-electron chi connectivity index (χ4n) is 3.08. The minimum atomic E-state index is -0.950. The highest BCUT2D eigenvalue weighted by Crippen LogP contribution is 2.27. The van der Waals surface area contributed by atoms with Gasteiger partial charge in [-0.1, -0.05) is 36.0 Å². The Hall–Kier alpha value is -3.59. The Morgan fingerprint density at radius 1 is 1.00 bits per heavy atom. The molecule has 1 heterocycles. The topological polar surface area (TPSA) is 64.0 Å². The zero-order valence-corrected chi connectivity index (χ0v) is 17.5. The van der Waals surface area contributed by atoms with E-state index in [0.717, 1.165) is 28.5 Å². The van der Waals surface area contributed by atoms with Crippen molar-refractivity contribution in [3.8, 4) is 5.69 Å². The number of aromatic nitrogens is 2. The van der Waals surface area contributed by atoms with E-state index in [-0.39, 0.29) is 21.9 Å². The van der Waals surface area contributed by atoms with E-state index >= 15 is 0 Å². The van der Waals surface area contributed by atoms with Crippen LogP contribution >= 0.6 is 11.8 Å². The Morgan fingerprint density at radius 3 is 2.47 bits per heavy atom. The maximum Gasteiger partial charge on any atom is 0.266 e. The number of carbonyl (C=O) groups excluding carboxylic acids is 1. The standard InChI is InChI=1S/C23H16F3N3O2S/c1-13(21(30)27-19-9-5-3-7-16(19)25)32-23-28-18-8-4-2-6-15(18)22(31)29(23)20-11-10-14(24)12-17(20)26/h2-13H,1H3,(H,27,30). The number of halogens is 3. The first kappa shape index (κ1) is 21.6. The fourth-order valence-corrected chi connectivity index (χ4v) is 3.99. The van der Waals surface area contributed by atoms with E-state index in [0.29, 0.717) is 11.6 Å². The zero-order chi connectivity index (χ0) is 22.8. The maximum absolute atomic E-state index is 14.6. The van der Waals surface area contributed by atoms with E-state index in [4.69, 9.17) is 0 Å². The Bertz CT molecular complexity index is 1390. The molecule has 5 nitrogen and oxygen atoms in total. The van der Waals surface area contributed by atoms with E-state index < -0.39 is 34.2 Å². The molecule has 0 saturated carbocycles. The molecule has 0 radical (unpaired) electrons. The fraction of sp³-hybridized carbons (Fsp3) is 0.0870. The van der Waals surface area contributed by atoms with Crippen LogP contribution in [0.15, 0.2) is 76.7 Å². The van der Waals surface area contributed by atoms with E-state index in [1.54, 1.807) is 37.3 Å². The lowest BCUT2D eigenvalue weighted by atomic mass is 10.2. The van der Waals surface area contributed by atoms with Crippen molar-refractivity contribution in [1.29, 1.82) is 0 Å². The number of benzene rings is 3. The molecule has 0 spiro atoms. The molecule has 1 amide bonds. The van der Waals surface area contributed by atoms with Crippen molar-refractivity contribution in [2.75, 3.05) is 5.32 Å². The monoisotopic (exact) mass is 455 g/mol. The van der Waals surface area contributed by atoms with E-state index in [1.807, 2.05) is 0 Å². The molecule has 0 aliphatic rings. The molecule has 0 aliphatic heterocycles. The number of nitrogens with zero attached hydrogens (tertiary/aromatic N) is 2. The van der Waals surface area contributed by atoms with Gasteiger partial charge < -0.3 is 5.32 Å². The molecule has 0 aliphatic carbocycles. The van der Waals surface area contributed by atoms with Crippen molar-refractivity contribution in [2.24, 2.45) is 0 Å². The summed E-state index contributed by atoms with van der Waals surface area (Å²) in [4.78, 5) is 30.2. The predicted molar refractivity (Wildman–Crippen MR) is 118 cm³/mol. The number of amides is 1. The Balaban J connectivity index is 1.76. The number of hydrogen-bond acceptors (Lipinski definition) is 4. The molecular weight excluding hydrogens is 439 g/mol. The number of para-hydroxylation sites is 2. The predicted octanol–water partition coefficient (Wildman–Crippen LogP) is 4.92. The second-order valence-corrected chi connectivity index (χ2v) is 8.18. The van der Waals surface area contributed by atoms with Gasteiger partial charge >= 0.3 is 0 Å².